The van der Waals surface area contributed by atoms with E-state index in [0.29, 0.717) is 11.1 Å². The average Bonchev–Trinajstić information content (AvgIpc) is 2.93. The van der Waals surface area contributed by atoms with Crippen molar-refractivity contribution in [3.05, 3.63) is 105 Å². The Labute approximate surface area is 231 Å². The van der Waals surface area contributed by atoms with Crippen LogP contribution in [0.4, 0.5) is 4.39 Å². The first-order chi connectivity index (χ1) is 18.0. The molecular formula is C30H31BrClFN2O2. The standard InChI is InChI=1S/C30H31BrClFN2O2/c31-23-7-1-20(2-8-23)28-19-26(35-15-17-37-18-16-35)13-14-27(28)30(36)34-29(21-3-9-24(32)10-4-21)22-5-11-25(33)12-6-22/h1-12,26-29H,13-19H2,(H,34,36)/t26-,27-,28+,29?/m1/s1. The maximum absolute atomic E-state index is 14.0. The summed E-state index contributed by atoms with van der Waals surface area (Å²) in [5, 5.41) is 3.95. The molecule has 1 aliphatic heterocycles. The Hall–Kier alpha value is -2.25. The highest BCUT2D eigenvalue weighted by Gasteiger charge is 2.39. The van der Waals surface area contributed by atoms with Crippen LogP contribution in [0.3, 0.4) is 0 Å². The van der Waals surface area contributed by atoms with Gasteiger partial charge in [0.05, 0.1) is 19.3 Å². The lowest BCUT2D eigenvalue weighted by Gasteiger charge is -2.42. The molecule has 37 heavy (non-hydrogen) atoms. The molecule has 1 N–H and O–H groups in total. The van der Waals surface area contributed by atoms with Crippen LogP contribution in [-0.4, -0.2) is 43.2 Å². The summed E-state index contributed by atoms with van der Waals surface area (Å²) in [5.41, 5.74) is 2.93. The topological polar surface area (TPSA) is 41.6 Å². The minimum Gasteiger partial charge on any atom is -0.379 e. The predicted molar refractivity (Wildman–Crippen MR) is 148 cm³/mol. The molecule has 4 nitrogen and oxygen atoms in total. The SMILES string of the molecule is O=C(NC(c1ccc(F)cc1)c1ccc(Cl)cc1)[C@@H]1CC[C@@H](N2CCOCC2)C[C@H]1c1ccc(Br)cc1. The zero-order valence-electron chi connectivity index (χ0n) is 20.6. The Bertz CT molecular complexity index is 1140. The minimum absolute atomic E-state index is 0.0256. The molecule has 194 valence electrons. The van der Waals surface area contributed by atoms with Gasteiger partial charge in [0.1, 0.15) is 5.82 Å². The first-order valence-electron chi connectivity index (χ1n) is 12.9. The maximum Gasteiger partial charge on any atom is 0.224 e. The predicted octanol–water partition coefficient (Wildman–Crippen LogP) is 6.73. The van der Waals surface area contributed by atoms with Gasteiger partial charge in [-0.05, 0) is 78.3 Å². The van der Waals surface area contributed by atoms with Crippen LogP contribution >= 0.6 is 27.5 Å². The Balaban J connectivity index is 1.41. The van der Waals surface area contributed by atoms with Crippen LogP contribution in [0.15, 0.2) is 77.3 Å². The maximum atomic E-state index is 14.0. The number of nitrogens with zero attached hydrogens (tertiary/aromatic N) is 1. The van der Waals surface area contributed by atoms with Gasteiger partial charge >= 0.3 is 0 Å². The number of benzene rings is 3. The van der Waals surface area contributed by atoms with E-state index in [1.54, 1.807) is 12.1 Å². The highest BCUT2D eigenvalue weighted by Crippen LogP contribution is 2.41. The molecule has 4 atom stereocenters. The number of morpholine rings is 1. The average molecular weight is 586 g/mol. The summed E-state index contributed by atoms with van der Waals surface area (Å²) in [6.45, 7) is 3.42. The second-order valence-corrected chi connectivity index (χ2v) is 11.3. The number of carbonyl (C=O) groups is 1. The molecule has 1 saturated heterocycles. The molecule has 1 heterocycles. The molecule has 1 aliphatic carbocycles. The number of carbonyl (C=O) groups excluding carboxylic acids is 1. The van der Waals surface area contributed by atoms with E-state index in [4.69, 9.17) is 16.3 Å². The van der Waals surface area contributed by atoms with Gasteiger partial charge < -0.3 is 10.1 Å². The molecule has 1 saturated carbocycles. The van der Waals surface area contributed by atoms with Crippen molar-refractivity contribution in [2.24, 2.45) is 5.92 Å². The summed E-state index contributed by atoms with van der Waals surface area (Å²) >= 11 is 9.68. The molecule has 1 amide bonds. The fourth-order valence-corrected chi connectivity index (χ4v) is 6.12. The third-order valence-electron chi connectivity index (χ3n) is 7.71. The van der Waals surface area contributed by atoms with E-state index < -0.39 is 6.04 Å². The second kappa shape index (κ2) is 12.1. The molecule has 5 rings (SSSR count). The Morgan fingerprint density at radius 3 is 2.22 bits per heavy atom. The number of rotatable bonds is 6. The number of amides is 1. The Kier molecular flexibility index (Phi) is 8.60. The molecule has 0 aromatic heterocycles. The van der Waals surface area contributed by atoms with Crippen molar-refractivity contribution in [3.63, 3.8) is 0 Å². The molecule has 0 bridgehead atoms. The van der Waals surface area contributed by atoms with E-state index in [1.165, 1.54) is 17.7 Å². The summed E-state index contributed by atoms with van der Waals surface area (Å²) in [7, 11) is 0. The fraction of sp³-hybridized carbons (Fsp3) is 0.367. The number of hydrogen-bond donors (Lipinski definition) is 1. The number of halogens is 3. The molecule has 0 spiro atoms. The van der Waals surface area contributed by atoms with Gasteiger partial charge in [-0.25, -0.2) is 4.39 Å². The van der Waals surface area contributed by atoms with Gasteiger partial charge in [-0.1, -0.05) is 63.9 Å². The van der Waals surface area contributed by atoms with Crippen molar-refractivity contribution < 1.29 is 13.9 Å². The molecular weight excluding hydrogens is 555 g/mol. The van der Waals surface area contributed by atoms with Crippen LogP contribution in [0.2, 0.25) is 5.02 Å². The van der Waals surface area contributed by atoms with Gasteiger partial charge in [0.15, 0.2) is 0 Å². The quantitative estimate of drug-likeness (QED) is 0.349. The summed E-state index contributed by atoms with van der Waals surface area (Å²) < 4.78 is 20.3. The van der Waals surface area contributed by atoms with Crippen molar-refractivity contribution >= 4 is 33.4 Å². The first kappa shape index (κ1) is 26.4. The first-order valence-corrected chi connectivity index (χ1v) is 14.0. The smallest absolute Gasteiger partial charge is 0.224 e. The van der Waals surface area contributed by atoms with Crippen LogP contribution in [0, 0.1) is 11.7 Å². The number of ether oxygens (including phenoxy) is 1. The number of hydrogen-bond acceptors (Lipinski definition) is 3. The van der Waals surface area contributed by atoms with E-state index in [9.17, 15) is 9.18 Å². The van der Waals surface area contributed by atoms with Crippen molar-refractivity contribution in [1.82, 2.24) is 10.2 Å². The zero-order chi connectivity index (χ0) is 25.8. The van der Waals surface area contributed by atoms with Crippen molar-refractivity contribution in [2.75, 3.05) is 26.3 Å². The largest absolute Gasteiger partial charge is 0.379 e. The summed E-state index contributed by atoms with van der Waals surface area (Å²) in [6, 6.07) is 22.2. The van der Waals surface area contributed by atoms with Gasteiger partial charge in [0.25, 0.3) is 0 Å². The molecule has 0 radical (unpaired) electrons. The van der Waals surface area contributed by atoms with Crippen LogP contribution in [0.1, 0.15) is 47.9 Å². The molecule has 3 aromatic rings. The van der Waals surface area contributed by atoms with E-state index in [2.05, 4.69) is 50.4 Å². The van der Waals surface area contributed by atoms with Crippen LogP contribution in [0.5, 0.6) is 0 Å². The fourth-order valence-electron chi connectivity index (χ4n) is 5.73. The Morgan fingerprint density at radius 1 is 0.946 bits per heavy atom. The van der Waals surface area contributed by atoms with E-state index in [-0.39, 0.29) is 23.6 Å². The third-order valence-corrected chi connectivity index (χ3v) is 8.49. The number of nitrogens with one attached hydrogen (secondary N) is 1. The van der Waals surface area contributed by atoms with Crippen molar-refractivity contribution in [1.29, 1.82) is 0 Å². The highest BCUT2D eigenvalue weighted by molar-refractivity contribution is 9.10. The molecule has 2 aliphatic rings. The van der Waals surface area contributed by atoms with Gasteiger partial charge in [0.2, 0.25) is 5.91 Å². The monoisotopic (exact) mass is 584 g/mol. The van der Waals surface area contributed by atoms with E-state index >= 15 is 0 Å². The third kappa shape index (κ3) is 6.43. The molecule has 1 unspecified atom stereocenters. The van der Waals surface area contributed by atoms with Gasteiger partial charge in [-0.3, -0.25) is 9.69 Å². The van der Waals surface area contributed by atoms with Gasteiger partial charge in [-0.15, -0.1) is 0 Å². The molecule has 3 aromatic carbocycles. The van der Waals surface area contributed by atoms with E-state index in [0.717, 1.165) is 61.2 Å². The second-order valence-electron chi connectivity index (χ2n) is 9.92. The van der Waals surface area contributed by atoms with Crippen LogP contribution in [-0.2, 0) is 9.53 Å². The van der Waals surface area contributed by atoms with Crippen LogP contribution < -0.4 is 5.32 Å². The van der Waals surface area contributed by atoms with Gasteiger partial charge in [-0.2, -0.15) is 0 Å². The normalized spacial score (nSPS) is 23.4. The zero-order valence-corrected chi connectivity index (χ0v) is 22.9. The molecule has 7 heteroatoms. The lowest BCUT2D eigenvalue weighted by Crippen LogP contribution is -2.48. The Morgan fingerprint density at radius 2 is 1.57 bits per heavy atom. The lowest BCUT2D eigenvalue weighted by molar-refractivity contribution is -0.127. The summed E-state index contributed by atoms with van der Waals surface area (Å²) in [4.78, 5) is 16.5. The highest BCUT2D eigenvalue weighted by atomic mass is 79.9. The summed E-state index contributed by atoms with van der Waals surface area (Å²) in [5.74, 6) is -0.332. The van der Waals surface area contributed by atoms with E-state index in [1.807, 2.05) is 24.3 Å². The van der Waals surface area contributed by atoms with Crippen molar-refractivity contribution in [3.8, 4) is 0 Å². The van der Waals surface area contributed by atoms with Crippen LogP contribution in [0.25, 0.3) is 0 Å². The minimum atomic E-state index is -0.395. The van der Waals surface area contributed by atoms with Crippen molar-refractivity contribution in [2.45, 2.75) is 37.3 Å². The molecule has 2 fully saturated rings. The lowest BCUT2D eigenvalue weighted by atomic mass is 9.72. The van der Waals surface area contributed by atoms with Gasteiger partial charge in [0, 0.05) is 34.5 Å². The summed E-state index contributed by atoms with van der Waals surface area (Å²) in [6.07, 6.45) is 2.72.